The summed E-state index contributed by atoms with van der Waals surface area (Å²) in [7, 11) is 0. The van der Waals surface area contributed by atoms with Crippen LogP contribution in [-0.4, -0.2) is 23.7 Å². The van der Waals surface area contributed by atoms with Crippen LogP contribution in [-0.2, 0) is 20.7 Å². The second-order valence-corrected chi connectivity index (χ2v) is 4.53. The number of carbonyl (C=O) groups is 2. The molecule has 0 aliphatic carbocycles. The molecule has 2 aromatic rings. The molecule has 2 rings (SSSR count). The molecular weight excluding hydrogens is 256 g/mol. The van der Waals surface area contributed by atoms with Crippen molar-refractivity contribution in [1.29, 1.82) is 0 Å². The minimum atomic E-state index is -1.16. The van der Waals surface area contributed by atoms with Crippen molar-refractivity contribution in [3.05, 3.63) is 48.0 Å². The number of ether oxygens (including phenoxy) is 1. The van der Waals surface area contributed by atoms with Crippen LogP contribution in [0.15, 0.2) is 42.5 Å². The number of benzene rings is 2. The number of carboxylic acid groups (broad SMARTS) is 1. The van der Waals surface area contributed by atoms with Gasteiger partial charge in [0.25, 0.3) is 0 Å². The topological polar surface area (TPSA) is 63.6 Å². The first kappa shape index (κ1) is 14.1. The fourth-order valence-corrected chi connectivity index (χ4v) is 2.12. The molecule has 0 radical (unpaired) electrons. The van der Waals surface area contributed by atoms with Gasteiger partial charge in [-0.1, -0.05) is 42.5 Å². The molecule has 1 N–H and O–H groups in total. The van der Waals surface area contributed by atoms with Gasteiger partial charge in [-0.05, 0) is 29.7 Å². The number of esters is 1. The van der Waals surface area contributed by atoms with E-state index in [1.165, 1.54) is 0 Å². The maximum absolute atomic E-state index is 11.6. The second kappa shape index (κ2) is 6.19. The number of carboxylic acids is 1. The Bertz CT molecular complexity index is 633. The SMILES string of the molecule is CCOC(=O)C(Cc1ccc2ccccc2c1)C(=O)O. The van der Waals surface area contributed by atoms with Gasteiger partial charge in [0.1, 0.15) is 0 Å². The number of fused-ring (bicyclic) bond motifs is 1. The fraction of sp³-hybridized carbons (Fsp3) is 0.250. The minimum Gasteiger partial charge on any atom is -0.481 e. The van der Waals surface area contributed by atoms with E-state index in [4.69, 9.17) is 9.84 Å². The molecular formula is C16H16O4. The maximum Gasteiger partial charge on any atom is 0.320 e. The lowest BCUT2D eigenvalue weighted by Crippen LogP contribution is -2.27. The third-order valence-corrected chi connectivity index (χ3v) is 3.12. The van der Waals surface area contributed by atoms with Crippen LogP contribution >= 0.6 is 0 Å². The van der Waals surface area contributed by atoms with Crippen molar-refractivity contribution < 1.29 is 19.4 Å². The van der Waals surface area contributed by atoms with Crippen molar-refractivity contribution in [2.75, 3.05) is 6.61 Å². The largest absolute Gasteiger partial charge is 0.481 e. The summed E-state index contributed by atoms with van der Waals surface area (Å²) in [5.74, 6) is -3.00. The lowest BCUT2D eigenvalue weighted by Gasteiger charge is -2.11. The average molecular weight is 272 g/mol. The number of hydrogen-bond donors (Lipinski definition) is 1. The molecule has 0 saturated carbocycles. The highest BCUT2D eigenvalue weighted by molar-refractivity contribution is 5.94. The van der Waals surface area contributed by atoms with Crippen molar-refractivity contribution in [3.8, 4) is 0 Å². The van der Waals surface area contributed by atoms with E-state index in [0.717, 1.165) is 16.3 Å². The predicted octanol–water partition coefficient (Wildman–Crippen LogP) is 2.65. The maximum atomic E-state index is 11.6. The zero-order valence-electron chi connectivity index (χ0n) is 11.2. The van der Waals surface area contributed by atoms with Gasteiger partial charge >= 0.3 is 11.9 Å². The third kappa shape index (κ3) is 3.15. The predicted molar refractivity (Wildman–Crippen MR) is 75.4 cm³/mol. The minimum absolute atomic E-state index is 0.138. The molecule has 104 valence electrons. The monoisotopic (exact) mass is 272 g/mol. The highest BCUT2D eigenvalue weighted by Crippen LogP contribution is 2.18. The Balaban J connectivity index is 2.24. The highest BCUT2D eigenvalue weighted by Gasteiger charge is 2.27. The summed E-state index contributed by atoms with van der Waals surface area (Å²) in [6.07, 6.45) is 0.138. The molecule has 0 aromatic heterocycles. The summed E-state index contributed by atoms with van der Waals surface area (Å²) in [5.41, 5.74) is 0.809. The number of rotatable bonds is 5. The Morgan fingerprint density at radius 1 is 1.15 bits per heavy atom. The third-order valence-electron chi connectivity index (χ3n) is 3.12. The average Bonchev–Trinajstić information content (AvgIpc) is 2.44. The van der Waals surface area contributed by atoms with Crippen LogP contribution < -0.4 is 0 Å². The Hall–Kier alpha value is -2.36. The van der Waals surface area contributed by atoms with E-state index in [9.17, 15) is 9.59 Å². The van der Waals surface area contributed by atoms with E-state index in [0.29, 0.717) is 0 Å². The molecule has 4 heteroatoms. The lowest BCUT2D eigenvalue weighted by atomic mass is 9.97. The molecule has 0 amide bonds. The quantitative estimate of drug-likeness (QED) is 0.671. The van der Waals surface area contributed by atoms with E-state index in [2.05, 4.69) is 0 Å². The van der Waals surface area contributed by atoms with Crippen LogP contribution in [0.3, 0.4) is 0 Å². The zero-order valence-corrected chi connectivity index (χ0v) is 11.2. The summed E-state index contributed by atoms with van der Waals surface area (Å²) in [4.78, 5) is 22.8. The van der Waals surface area contributed by atoms with E-state index in [-0.39, 0.29) is 13.0 Å². The first-order chi connectivity index (χ1) is 9.61. The smallest absolute Gasteiger partial charge is 0.320 e. The molecule has 0 saturated heterocycles. The van der Waals surface area contributed by atoms with Crippen molar-refractivity contribution >= 4 is 22.7 Å². The van der Waals surface area contributed by atoms with Crippen molar-refractivity contribution in [3.63, 3.8) is 0 Å². The Kier molecular flexibility index (Phi) is 4.35. The van der Waals surface area contributed by atoms with E-state index in [1.54, 1.807) is 6.92 Å². The Morgan fingerprint density at radius 3 is 2.50 bits per heavy atom. The van der Waals surface area contributed by atoms with Crippen LogP contribution in [0.2, 0.25) is 0 Å². The van der Waals surface area contributed by atoms with Crippen LogP contribution in [0.5, 0.6) is 0 Å². The van der Waals surface area contributed by atoms with E-state index < -0.39 is 17.9 Å². The van der Waals surface area contributed by atoms with Crippen LogP contribution in [0, 0.1) is 5.92 Å². The fourth-order valence-electron chi connectivity index (χ4n) is 2.12. The number of carbonyl (C=O) groups excluding carboxylic acids is 1. The number of aliphatic carboxylic acids is 1. The van der Waals surface area contributed by atoms with Crippen molar-refractivity contribution in [1.82, 2.24) is 0 Å². The molecule has 0 aliphatic heterocycles. The Labute approximate surface area is 117 Å². The molecule has 0 aliphatic rings. The van der Waals surface area contributed by atoms with E-state index >= 15 is 0 Å². The van der Waals surface area contributed by atoms with Gasteiger partial charge in [-0.15, -0.1) is 0 Å². The molecule has 1 unspecified atom stereocenters. The van der Waals surface area contributed by atoms with Gasteiger partial charge in [0.2, 0.25) is 0 Å². The van der Waals surface area contributed by atoms with Gasteiger partial charge in [0.05, 0.1) is 6.61 Å². The van der Waals surface area contributed by atoms with Crippen molar-refractivity contribution in [2.45, 2.75) is 13.3 Å². The Morgan fingerprint density at radius 2 is 1.85 bits per heavy atom. The number of hydrogen-bond acceptors (Lipinski definition) is 3. The molecule has 0 fully saturated rings. The van der Waals surface area contributed by atoms with Gasteiger partial charge in [-0.2, -0.15) is 0 Å². The molecule has 20 heavy (non-hydrogen) atoms. The van der Waals surface area contributed by atoms with Crippen molar-refractivity contribution in [2.24, 2.45) is 5.92 Å². The summed E-state index contributed by atoms with van der Waals surface area (Å²) >= 11 is 0. The molecule has 2 aromatic carbocycles. The van der Waals surface area contributed by atoms with Gasteiger partial charge in [0.15, 0.2) is 5.92 Å². The zero-order chi connectivity index (χ0) is 14.5. The van der Waals surface area contributed by atoms with Crippen LogP contribution in [0.1, 0.15) is 12.5 Å². The molecule has 0 bridgehead atoms. The van der Waals surface area contributed by atoms with Gasteiger partial charge in [0, 0.05) is 0 Å². The van der Waals surface area contributed by atoms with Gasteiger partial charge < -0.3 is 9.84 Å². The molecule has 0 spiro atoms. The second-order valence-electron chi connectivity index (χ2n) is 4.53. The standard InChI is InChI=1S/C16H16O4/c1-2-20-16(19)14(15(17)18)10-11-7-8-12-5-3-4-6-13(12)9-11/h3-9,14H,2,10H2,1H3,(H,17,18). The van der Waals surface area contributed by atoms with Gasteiger partial charge in [-0.25, -0.2) is 0 Å². The highest BCUT2D eigenvalue weighted by atomic mass is 16.5. The molecule has 0 heterocycles. The summed E-state index contributed by atoms with van der Waals surface area (Å²) < 4.78 is 4.81. The summed E-state index contributed by atoms with van der Waals surface area (Å²) in [6.45, 7) is 1.84. The normalized spacial score (nSPS) is 12.1. The molecule has 4 nitrogen and oxygen atoms in total. The van der Waals surface area contributed by atoms with Crippen LogP contribution in [0.4, 0.5) is 0 Å². The first-order valence-electron chi connectivity index (χ1n) is 6.49. The summed E-state index contributed by atoms with van der Waals surface area (Å²) in [5, 5.41) is 11.3. The van der Waals surface area contributed by atoms with E-state index in [1.807, 2.05) is 42.5 Å². The van der Waals surface area contributed by atoms with Gasteiger partial charge in [-0.3, -0.25) is 9.59 Å². The molecule has 1 atom stereocenters. The van der Waals surface area contributed by atoms with Crippen LogP contribution in [0.25, 0.3) is 10.8 Å². The first-order valence-corrected chi connectivity index (χ1v) is 6.49. The summed E-state index contributed by atoms with van der Waals surface area (Å²) in [6, 6.07) is 13.5. The lowest BCUT2D eigenvalue weighted by molar-refractivity contribution is -0.158.